The lowest BCUT2D eigenvalue weighted by Gasteiger charge is -2.02. The summed E-state index contributed by atoms with van der Waals surface area (Å²) in [5, 5.41) is 10.7. The zero-order chi connectivity index (χ0) is 11.5. The summed E-state index contributed by atoms with van der Waals surface area (Å²) >= 11 is 13.2. The van der Waals surface area contributed by atoms with Crippen LogP contribution in [0.4, 0.5) is 0 Å². The van der Waals surface area contributed by atoms with Crippen LogP contribution in [0.1, 0.15) is 0 Å². The van der Waals surface area contributed by atoms with Crippen LogP contribution in [0.5, 0.6) is 0 Å². The minimum Gasteiger partial charge on any atom is -0.249 e. The Morgan fingerprint density at radius 1 is 1.19 bits per heavy atom. The lowest BCUT2D eigenvalue weighted by Crippen LogP contribution is -1.86. The minimum absolute atomic E-state index is 0.515. The Morgan fingerprint density at radius 2 is 2.00 bits per heavy atom. The van der Waals surface area contributed by atoms with Gasteiger partial charge in [0.15, 0.2) is 6.19 Å². The highest BCUT2D eigenvalue weighted by Gasteiger charge is 2.04. The number of rotatable bonds is 2. The van der Waals surface area contributed by atoms with Crippen molar-refractivity contribution in [2.75, 3.05) is 0 Å². The van der Waals surface area contributed by atoms with Crippen molar-refractivity contribution in [2.45, 2.75) is 9.92 Å². The van der Waals surface area contributed by atoms with E-state index in [-0.39, 0.29) is 0 Å². The van der Waals surface area contributed by atoms with E-state index in [0.717, 1.165) is 9.92 Å². The summed E-state index contributed by atoms with van der Waals surface area (Å²) in [5.41, 5.74) is 0. The lowest BCUT2D eigenvalue weighted by atomic mass is 10.4. The second kappa shape index (κ2) is 4.84. The Morgan fingerprint density at radius 3 is 2.69 bits per heavy atom. The average molecular weight is 269 g/mol. The van der Waals surface area contributed by atoms with E-state index in [9.17, 15) is 0 Å². The van der Waals surface area contributed by atoms with Crippen LogP contribution >= 0.6 is 35.0 Å². The Bertz CT molecular complexity index is 557. The highest BCUT2D eigenvalue weighted by Crippen LogP contribution is 2.32. The molecule has 0 spiro atoms. The maximum absolute atomic E-state index is 8.84. The molecule has 1 aromatic heterocycles. The maximum atomic E-state index is 8.84. The van der Waals surface area contributed by atoms with Crippen LogP contribution in [0.2, 0.25) is 10.0 Å². The molecule has 0 bridgehead atoms. The fourth-order valence-corrected chi connectivity index (χ4v) is 2.46. The van der Waals surface area contributed by atoms with Gasteiger partial charge in [-0.05, 0) is 30.3 Å². The fourth-order valence-electron chi connectivity index (χ4n) is 1.19. The van der Waals surface area contributed by atoms with Crippen LogP contribution in [0.25, 0.3) is 0 Å². The smallest absolute Gasteiger partial charge is 0.189 e. The number of hydrogen-bond donors (Lipinski definition) is 0. The van der Waals surface area contributed by atoms with Gasteiger partial charge >= 0.3 is 0 Å². The molecule has 0 radical (unpaired) electrons. The van der Waals surface area contributed by atoms with Crippen molar-refractivity contribution in [3.05, 3.63) is 46.6 Å². The molecule has 1 heterocycles. The number of benzene rings is 1. The zero-order valence-corrected chi connectivity index (χ0v) is 10.4. The first-order valence-corrected chi connectivity index (χ1v) is 5.98. The summed E-state index contributed by atoms with van der Waals surface area (Å²) in [4.78, 5) is 0.949. The number of aromatic nitrogens is 1. The summed E-state index contributed by atoms with van der Waals surface area (Å²) < 4.78 is 1.49. The molecule has 0 aliphatic heterocycles. The summed E-state index contributed by atoms with van der Waals surface area (Å²) in [7, 11) is 0. The van der Waals surface area contributed by atoms with Crippen LogP contribution in [0.3, 0.4) is 0 Å². The standard InChI is InChI=1S/C11H6Cl2N2S/c12-9-4-3-8(6-10(9)13)16-11-2-1-5-15(11)7-14/h1-6H. The van der Waals surface area contributed by atoms with Crippen molar-refractivity contribution in [1.29, 1.82) is 5.26 Å². The highest BCUT2D eigenvalue weighted by molar-refractivity contribution is 7.99. The fraction of sp³-hybridized carbons (Fsp3) is 0. The molecule has 0 amide bonds. The normalized spacial score (nSPS) is 10.1. The molecule has 0 N–H and O–H groups in total. The lowest BCUT2D eigenvalue weighted by molar-refractivity contribution is 0.975. The van der Waals surface area contributed by atoms with Gasteiger partial charge in [-0.2, -0.15) is 5.26 Å². The third-order valence-corrected chi connectivity index (χ3v) is 3.70. The molecule has 80 valence electrons. The second-order valence-electron chi connectivity index (χ2n) is 2.99. The van der Waals surface area contributed by atoms with E-state index in [4.69, 9.17) is 28.5 Å². The van der Waals surface area contributed by atoms with Crippen molar-refractivity contribution in [2.24, 2.45) is 0 Å². The van der Waals surface area contributed by atoms with Crippen molar-refractivity contribution in [3.63, 3.8) is 0 Å². The van der Waals surface area contributed by atoms with Gasteiger partial charge in [-0.1, -0.05) is 35.0 Å². The maximum Gasteiger partial charge on any atom is 0.189 e. The quantitative estimate of drug-likeness (QED) is 0.814. The Hall–Kier alpha value is -1.08. The summed E-state index contributed by atoms with van der Waals surface area (Å²) in [6.07, 6.45) is 3.77. The predicted octanol–water partition coefficient (Wildman–Crippen LogP) is 4.28. The molecule has 16 heavy (non-hydrogen) atoms. The molecule has 5 heteroatoms. The first-order valence-electron chi connectivity index (χ1n) is 4.41. The van der Waals surface area contributed by atoms with Gasteiger partial charge in [-0.25, -0.2) is 4.57 Å². The Kier molecular flexibility index (Phi) is 3.45. The molecule has 0 saturated carbocycles. The molecule has 0 aliphatic rings. The van der Waals surface area contributed by atoms with E-state index in [1.807, 2.05) is 18.2 Å². The molecule has 0 saturated heterocycles. The molecule has 0 unspecified atom stereocenters. The molecule has 0 atom stereocenters. The van der Waals surface area contributed by atoms with Crippen molar-refractivity contribution in [1.82, 2.24) is 4.57 Å². The van der Waals surface area contributed by atoms with Crippen LogP contribution < -0.4 is 0 Å². The SMILES string of the molecule is N#Cn1cccc1Sc1ccc(Cl)c(Cl)c1. The largest absolute Gasteiger partial charge is 0.249 e. The number of nitrogens with zero attached hydrogens (tertiary/aromatic N) is 2. The van der Waals surface area contributed by atoms with Gasteiger partial charge in [0.2, 0.25) is 0 Å². The van der Waals surface area contributed by atoms with Crippen LogP contribution in [-0.2, 0) is 0 Å². The first-order chi connectivity index (χ1) is 7.70. The summed E-state index contributed by atoms with van der Waals surface area (Å²) in [6.45, 7) is 0. The Balaban J connectivity index is 2.28. The van der Waals surface area contributed by atoms with E-state index in [2.05, 4.69) is 6.19 Å². The molecular weight excluding hydrogens is 263 g/mol. The number of nitriles is 1. The third kappa shape index (κ3) is 2.35. The van der Waals surface area contributed by atoms with Crippen molar-refractivity contribution >= 4 is 35.0 Å². The number of halogens is 2. The summed E-state index contributed by atoms with van der Waals surface area (Å²) in [6, 6.07) is 9.09. The minimum atomic E-state index is 0.515. The van der Waals surface area contributed by atoms with Gasteiger partial charge < -0.3 is 0 Å². The van der Waals surface area contributed by atoms with E-state index in [1.54, 1.807) is 18.3 Å². The zero-order valence-electron chi connectivity index (χ0n) is 8.02. The van der Waals surface area contributed by atoms with Gasteiger partial charge in [-0.3, -0.25) is 0 Å². The van der Waals surface area contributed by atoms with E-state index < -0.39 is 0 Å². The van der Waals surface area contributed by atoms with Gasteiger partial charge in [0.05, 0.1) is 15.1 Å². The Labute approximate surface area is 107 Å². The first kappa shape index (κ1) is 11.4. The molecule has 0 fully saturated rings. The molecule has 0 aliphatic carbocycles. The van der Waals surface area contributed by atoms with Crippen molar-refractivity contribution in [3.8, 4) is 6.19 Å². The van der Waals surface area contributed by atoms with Crippen LogP contribution in [0.15, 0.2) is 46.5 Å². The molecule has 2 rings (SSSR count). The summed E-state index contributed by atoms with van der Waals surface area (Å²) in [5.74, 6) is 0. The number of hydrogen-bond acceptors (Lipinski definition) is 2. The van der Waals surface area contributed by atoms with Gasteiger partial charge in [0.1, 0.15) is 0 Å². The van der Waals surface area contributed by atoms with Gasteiger partial charge in [0, 0.05) is 11.1 Å². The van der Waals surface area contributed by atoms with E-state index in [0.29, 0.717) is 10.0 Å². The molecular formula is C11H6Cl2N2S. The van der Waals surface area contributed by atoms with Crippen LogP contribution in [0, 0.1) is 11.5 Å². The predicted molar refractivity (Wildman–Crippen MR) is 66.0 cm³/mol. The van der Waals surface area contributed by atoms with Crippen molar-refractivity contribution < 1.29 is 0 Å². The highest BCUT2D eigenvalue weighted by atomic mass is 35.5. The van der Waals surface area contributed by atoms with Gasteiger partial charge in [-0.15, -0.1) is 0 Å². The van der Waals surface area contributed by atoms with E-state index in [1.165, 1.54) is 16.3 Å². The van der Waals surface area contributed by atoms with Crippen LogP contribution in [-0.4, -0.2) is 4.57 Å². The average Bonchev–Trinajstić information content (AvgIpc) is 2.71. The molecule has 1 aromatic carbocycles. The molecule has 2 nitrogen and oxygen atoms in total. The van der Waals surface area contributed by atoms with E-state index >= 15 is 0 Å². The van der Waals surface area contributed by atoms with Gasteiger partial charge in [0.25, 0.3) is 0 Å². The molecule has 2 aromatic rings. The monoisotopic (exact) mass is 268 g/mol. The second-order valence-corrected chi connectivity index (χ2v) is 4.90. The topological polar surface area (TPSA) is 28.7 Å². The third-order valence-electron chi connectivity index (χ3n) is 1.93.